The summed E-state index contributed by atoms with van der Waals surface area (Å²) in [5, 5.41) is 2.95. The Morgan fingerprint density at radius 2 is 2.26 bits per heavy atom. The highest BCUT2D eigenvalue weighted by Gasteiger charge is 2.16. The van der Waals surface area contributed by atoms with Crippen molar-refractivity contribution in [3.05, 3.63) is 65.1 Å². The van der Waals surface area contributed by atoms with Gasteiger partial charge in [0.15, 0.2) is 0 Å². The van der Waals surface area contributed by atoms with Crippen molar-refractivity contribution in [1.29, 1.82) is 0 Å². The average Bonchev–Trinajstić information content (AvgIpc) is 3.17. The van der Waals surface area contributed by atoms with Crippen molar-refractivity contribution in [2.45, 2.75) is 19.9 Å². The van der Waals surface area contributed by atoms with Gasteiger partial charge in [-0.15, -0.1) is 0 Å². The van der Waals surface area contributed by atoms with Gasteiger partial charge in [-0.1, -0.05) is 18.2 Å². The van der Waals surface area contributed by atoms with Gasteiger partial charge >= 0.3 is 0 Å². The predicted octanol–water partition coefficient (Wildman–Crippen LogP) is 2.51. The number of fused-ring (bicyclic) bond motifs is 2. The lowest BCUT2D eigenvalue weighted by Crippen LogP contribution is -2.24. The van der Waals surface area contributed by atoms with Gasteiger partial charge in [0.1, 0.15) is 17.1 Å². The van der Waals surface area contributed by atoms with E-state index in [0.717, 1.165) is 35.7 Å². The molecule has 1 N–H and O–H groups in total. The standard InChI is InChI=1S/C18H17N3O2/c1-12-17(20-16-4-2-3-8-21(12)16)18(22)19-11-13-5-6-15-14(10-13)7-9-23-15/h2-6,8,10H,7,9,11H2,1H3,(H,19,22). The lowest BCUT2D eigenvalue weighted by Gasteiger charge is -2.06. The quantitative estimate of drug-likeness (QED) is 0.809. The Kier molecular flexibility index (Phi) is 3.26. The van der Waals surface area contributed by atoms with Crippen LogP contribution in [0.25, 0.3) is 5.65 Å². The van der Waals surface area contributed by atoms with E-state index in [1.54, 1.807) is 0 Å². The van der Waals surface area contributed by atoms with Gasteiger partial charge in [-0.3, -0.25) is 4.79 Å². The van der Waals surface area contributed by atoms with E-state index in [4.69, 9.17) is 4.74 Å². The number of nitrogens with one attached hydrogen (secondary N) is 1. The molecule has 5 nitrogen and oxygen atoms in total. The molecule has 0 unspecified atom stereocenters. The third-order valence-electron chi connectivity index (χ3n) is 4.19. The maximum absolute atomic E-state index is 12.4. The van der Waals surface area contributed by atoms with E-state index < -0.39 is 0 Å². The minimum atomic E-state index is -0.150. The molecule has 0 aliphatic carbocycles. The fourth-order valence-electron chi connectivity index (χ4n) is 2.95. The summed E-state index contributed by atoms with van der Waals surface area (Å²) in [6.45, 7) is 3.13. The van der Waals surface area contributed by atoms with Gasteiger partial charge in [0, 0.05) is 19.2 Å². The minimum Gasteiger partial charge on any atom is -0.493 e. The molecule has 1 aliphatic heterocycles. The highest BCUT2D eigenvalue weighted by atomic mass is 16.5. The number of aryl methyl sites for hydroxylation is 1. The van der Waals surface area contributed by atoms with Crippen LogP contribution in [-0.4, -0.2) is 21.9 Å². The van der Waals surface area contributed by atoms with E-state index in [-0.39, 0.29) is 5.91 Å². The molecule has 2 aromatic heterocycles. The van der Waals surface area contributed by atoms with Crippen molar-refractivity contribution in [3.8, 4) is 5.75 Å². The molecule has 0 atom stereocenters. The first kappa shape index (κ1) is 13.8. The van der Waals surface area contributed by atoms with Gasteiger partial charge in [-0.25, -0.2) is 4.98 Å². The fourth-order valence-corrected chi connectivity index (χ4v) is 2.95. The summed E-state index contributed by atoms with van der Waals surface area (Å²) in [4.78, 5) is 16.8. The number of ether oxygens (including phenoxy) is 1. The molecular formula is C18H17N3O2. The molecule has 3 heterocycles. The lowest BCUT2D eigenvalue weighted by atomic mass is 10.1. The van der Waals surface area contributed by atoms with E-state index in [1.165, 1.54) is 5.56 Å². The molecule has 1 aromatic carbocycles. The Bertz CT molecular complexity index is 898. The maximum atomic E-state index is 12.4. The van der Waals surface area contributed by atoms with Crippen LogP contribution in [-0.2, 0) is 13.0 Å². The second-order valence-corrected chi connectivity index (χ2v) is 5.70. The summed E-state index contributed by atoms with van der Waals surface area (Å²) < 4.78 is 7.42. The number of rotatable bonds is 3. The molecule has 1 aliphatic rings. The number of aromatic nitrogens is 2. The number of nitrogens with zero attached hydrogens (tertiary/aromatic N) is 2. The fraction of sp³-hybridized carbons (Fsp3) is 0.222. The third-order valence-corrected chi connectivity index (χ3v) is 4.19. The normalized spacial score (nSPS) is 12.9. The molecule has 0 radical (unpaired) electrons. The second kappa shape index (κ2) is 5.43. The number of carbonyl (C=O) groups is 1. The summed E-state index contributed by atoms with van der Waals surface area (Å²) in [7, 11) is 0. The second-order valence-electron chi connectivity index (χ2n) is 5.70. The summed E-state index contributed by atoms with van der Waals surface area (Å²) in [5.41, 5.74) is 4.38. The Balaban J connectivity index is 1.52. The zero-order valence-corrected chi connectivity index (χ0v) is 12.9. The number of imidazole rings is 1. The summed E-state index contributed by atoms with van der Waals surface area (Å²) in [6.07, 6.45) is 2.84. The van der Waals surface area contributed by atoms with Crippen LogP contribution < -0.4 is 10.1 Å². The van der Waals surface area contributed by atoms with Crippen LogP contribution in [0.15, 0.2) is 42.6 Å². The van der Waals surface area contributed by atoms with Gasteiger partial charge in [-0.05, 0) is 36.2 Å². The maximum Gasteiger partial charge on any atom is 0.272 e. The Hall–Kier alpha value is -2.82. The number of hydrogen-bond acceptors (Lipinski definition) is 3. The van der Waals surface area contributed by atoms with Crippen LogP contribution in [0.3, 0.4) is 0 Å². The minimum absolute atomic E-state index is 0.150. The molecular weight excluding hydrogens is 290 g/mol. The first-order chi connectivity index (χ1) is 11.2. The van der Waals surface area contributed by atoms with Crippen molar-refractivity contribution < 1.29 is 9.53 Å². The molecule has 0 bridgehead atoms. The Labute approximate surface area is 133 Å². The van der Waals surface area contributed by atoms with Gasteiger partial charge in [0.2, 0.25) is 0 Å². The highest BCUT2D eigenvalue weighted by Crippen LogP contribution is 2.25. The predicted molar refractivity (Wildman–Crippen MR) is 86.7 cm³/mol. The van der Waals surface area contributed by atoms with Crippen LogP contribution in [0.4, 0.5) is 0 Å². The van der Waals surface area contributed by atoms with E-state index in [9.17, 15) is 4.79 Å². The first-order valence-corrected chi connectivity index (χ1v) is 7.69. The van der Waals surface area contributed by atoms with Crippen LogP contribution in [0.1, 0.15) is 27.3 Å². The summed E-state index contributed by atoms with van der Waals surface area (Å²) in [5.74, 6) is 0.805. The van der Waals surface area contributed by atoms with Gasteiger partial charge < -0.3 is 14.5 Å². The SMILES string of the molecule is Cc1c(C(=O)NCc2ccc3c(c2)CCO3)nc2ccccn12. The van der Waals surface area contributed by atoms with Gasteiger partial charge in [0.25, 0.3) is 5.91 Å². The molecule has 5 heteroatoms. The lowest BCUT2D eigenvalue weighted by molar-refractivity contribution is 0.0946. The average molecular weight is 307 g/mol. The number of hydrogen-bond donors (Lipinski definition) is 1. The van der Waals surface area contributed by atoms with E-state index in [0.29, 0.717) is 12.2 Å². The van der Waals surface area contributed by atoms with Crippen molar-refractivity contribution in [3.63, 3.8) is 0 Å². The number of benzene rings is 1. The summed E-state index contributed by atoms with van der Waals surface area (Å²) >= 11 is 0. The highest BCUT2D eigenvalue weighted by molar-refractivity contribution is 5.94. The molecule has 3 aromatic rings. The molecule has 1 amide bonds. The molecule has 0 spiro atoms. The van der Waals surface area contributed by atoms with Crippen LogP contribution in [0, 0.1) is 6.92 Å². The largest absolute Gasteiger partial charge is 0.493 e. The smallest absolute Gasteiger partial charge is 0.272 e. The van der Waals surface area contributed by atoms with Crippen molar-refractivity contribution in [2.24, 2.45) is 0 Å². The van der Waals surface area contributed by atoms with Crippen LogP contribution >= 0.6 is 0 Å². The molecule has 116 valence electrons. The van der Waals surface area contributed by atoms with Gasteiger partial charge in [0.05, 0.1) is 12.3 Å². The topological polar surface area (TPSA) is 55.6 Å². The number of carbonyl (C=O) groups excluding carboxylic acids is 1. The summed E-state index contributed by atoms with van der Waals surface area (Å²) in [6, 6.07) is 11.8. The Morgan fingerprint density at radius 3 is 3.13 bits per heavy atom. The molecule has 23 heavy (non-hydrogen) atoms. The molecule has 0 saturated carbocycles. The van der Waals surface area contributed by atoms with Crippen molar-refractivity contribution in [2.75, 3.05) is 6.61 Å². The molecule has 0 fully saturated rings. The number of amides is 1. The van der Waals surface area contributed by atoms with E-state index in [2.05, 4.69) is 16.4 Å². The first-order valence-electron chi connectivity index (χ1n) is 7.69. The van der Waals surface area contributed by atoms with Gasteiger partial charge in [-0.2, -0.15) is 0 Å². The monoisotopic (exact) mass is 307 g/mol. The Morgan fingerprint density at radius 1 is 1.35 bits per heavy atom. The zero-order chi connectivity index (χ0) is 15.8. The van der Waals surface area contributed by atoms with E-state index >= 15 is 0 Å². The van der Waals surface area contributed by atoms with Crippen LogP contribution in [0.2, 0.25) is 0 Å². The third kappa shape index (κ3) is 2.44. The van der Waals surface area contributed by atoms with Crippen molar-refractivity contribution in [1.82, 2.24) is 14.7 Å². The molecule has 4 rings (SSSR count). The van der Waals surface area contributed by atoms with E-state index in [1.807, 2.05) is 47.9 Å². The van der Waals surface area contributed by atoms with Crippen LogP contribution in [0.5, 0.6) is 5.75 Å². The van der Waals surface area contributed by atoms with Crippen molar-refractivity contribution >= 4 is 11.6 Å². The zero-order valence-electron chi connectivity index (χ0n) is 12.9. The molecule has 0 saturated heterocycles. The number of pyridine rings is 1.